The number of hydrogen-bond acceptors (Lipinski definition) is 3. The lowest BCUT2D eigenvalue weighted by Gasteiger charge is -2.33. The van der Waals surface area contributed by atoms with E-state index in [-0.39, 0.29) is 0 Å². The molecule has 5 nitrogen and oxygen atoms in total. The lowest BCUT2D eigenvalue weighted by molar-refractivity contribution is -0.127. The monoisotopic (exact) mass is 228 g/mol. The summed E-state index contributed by atoms with van der Waals surface area (Å²) in [6.45, 7) is 7.59. The Bertz CT molecular complexity index is 309. The van der Waals surface area contributed by atoms with Crippen LogP contribution < -0.4 is 5.73 Å². The van der Waals surface area contributed by atoms with E-state index < -0.39 is 23.1 Å². The van der Waals surface area contributed by atoms with E-state index in [1.807, 2.05) is 0 Å². The molecular weight excluding hydrogens is 208 g/mol. The molecule has 1 heterocycles. The van der Waals surface area contributed by atoms with Crippen molar-refractivity contribution in [2.24, 2.45) is 5.73 Å². The molecule has 1 aliphatic rings. The molecule has 0 unspecified atom stereocenters. The molecule has 0 aromatic carbocycles. The van der Waals surface area contributed by atoms with Crippen molar-refractivity contribution in [1.82, 2.24) is 4.90 Å². The van der Waals surface area contributed by atoms with Gasteiger partial charge in [0.2, 0.25) is 5.91 Å². The summed E-state index contributed by atoms with van der Waals surface area (Å²) in [6, 6.07) is 0. The van der Waals surface area contributed by atoms with Crippen LogP contribution in [0.2, 0.25) is 0 Å². The van der Waals surface area contributed by atoms with E-state index in [4.69, 9.17) is 10.5 Å². The summed E-state index contributed by atoms with van der Waals surface area (Å²) in [5.41, 5.74) is 3.88. The number of nitrogens with zero attached hydrogens (tertiary/aromatic N) is 1. The summed E-state index contributed by atoms with van der Waals surface area (Å²) in [5, 5.41) is 0. The highest BCUT2D eigenvalue weighted by molar-refractivity contribution is 5.88. The van der Waals surface area contributed by atoms with E-state index in [9.17, 15) is 9.59 Å². The molecule has 1 saturated heterocycles. The van der Waals surface area contributed by atoms with Gasteiger partial charge in [0.15, 0.2) is 0 Å². The maximum atomic E-state index is 11.9. The van der Waals surface area contributed by atoms with E-state index in [1.165, 1.54) is 4.90 Å². The Morgan fingerprint density at radius 2 is 1.94 bits per heavy atom. The summed E-state index contributed by atoms with van der Waals surface area (Å²) in [6.07, 6.45) is 0.909. The fourth-order valence-corrected chi connectivity index (χ4v) is 1.83. The van der Waals surface area contributed by atoms with Crippen LogP contribution in [0.4, 0.5) is 4.79 Å². The quantitative estimate of drug-likeness (QED) is 0.734. The van der Waals surface area contributed by atoms with Gasteiger partial charge < -0.3 is 10.5 Å². The van der Waals surface area contributed by atoms with Gasteiger partial charge in [0, 0.05) is 6.54 Å². The molecule has 0 aromatic heterocycles. The van der Waals surface area contributed by atoms with Gasteiger partial charge in [-0.15, -0.1) is 0 Å². The van der Waals surface area contributed by atoms with Gasteiger partial charge >= 0.3 is 6.09 Å². The Kier molecular flexibility index (Phi) is 3.17. The second kappa shape index (κ2) is 3.96. The van der Waals surface area contributed by atoms with E-state index >= 15 is 0 Å². The molecule has 0 radical (unpaired) electrons. The zero-order valence-electron chi connectivity index (χ0n) is 10.4. The average molecular weight is 228 g/mol. The average Bonchev–Trinajstić information content (AvgIpc) is 2.45. The number of rotatable bonds is 1. The topological polar surface area (TPSA) is 72.6 Å². The Morgan fingerprint density at radius 1 is 1.38 bits per heavy atom. The zero-order chi connectivity index (χ0) is 12.6. The number of likely N-dealkylation sites (tertiary alicyclic amines) is 1. The molecular formula is C11H20N2O3. The number of ether oxygens (including phenoxy) is 1. The van der Waals surface area contributed by atoms with Gasteiger partial charge in [0.25, 0.3) is 0 Å². The normalized spacial score (nSPS) is 25.6. The molecule has 0 aliphatic carbocycles. The van der Waals surface area contributed by atoms with Gasteiger partial charge in [-0.25, -0.2) is 4.79 Å². The van der Waals surface area contributed by atoms with Crippen LogP contribution in [0, 0.1) is 0 Å². The van der Waals surface area contributed by atoms with Crippen LogP contribution in [0.15, 0.2) is 0 Å². The molecule has 0 spiro atoms. The maximum Gasteiger partial charge on any atom is 0.411 e. The molecule has 1 rings (SSSR count). The number of carbonyl (C=O) groups is 2. The third kappa shape index (κ3) is 2.46. The van der Waals surface area contributed by atoms with Gasteiger partial charge in [-0.05, 0) is 40.5 Å². The van der Waals surface area contributed by atoms with Crippen LogP contribution in [0.5, 0.6) is 0 Å². The minimum atomic E-state index is -0.900. The first kappa shape index (κ1) is 12.8. The molecule has 1 atom stereocenters. The molecule has 2 amide bonds. The lowest BCUT2D eigenvalue weighted by Crippen LogP contribution is -2.54. The van der Waals surface area contributed by atoms with Crippen molar-refractivity contribution in [3.05, 3.63) is 0 Å². The van der Waals surface area contributed by atoms with Crippen molar-refractivity contribution in [2.75, 3.05) is 6.54 Å². The molecule has 5 heteroatoms. The smallest absolute Gasteiger partial charge is 0.411 e. The van der Waals surface area contributed by atoms with Crippen molar-refractivity contribution in [1.29, 1.82) is 0 Å². The van der Waals surface area contributed by atoms with Crippen molar-refractivity contribution in [2.45, 2.75) is 51.7 Å². The highest BCUT2D eigenvalue weighted by atomic mass is 16.6. The number of carbonyl (C=O) groups excluding carboxylic acids is 2. The first-order valence-corrected chi connectivity index (χ1v) is 5.47. The summed E-state index contributed by atoms with van der Waals surface area (Å²) >= 11 is 0. The standard InChI is InChI=1S/C11H20N2O3/c1-10(2,3)16-9(15)13-7-5-6-11(13,4)8(12)14/h5-7H2,1-4H3,(H2,12,14)/t11-/m0/s1. The van der Waals surface area contributed by atoms with E-state index in [1.54, 1.807) is 27.7 Å². The molecule has 0 aromatic rings. The van der Waals surface area contributed by atoms with E-state index in [0.717, 1.165) is 6.42 Å². The van der Waals surface area contributed by atoms with Gasteiger partial charge in [0.1, 0.15) is 11.1 Å². The van der Waals surface area contributed by atoms with Crippen LogP contribution in [-0.2, 0) is 9.53 Å². The second-order valence-corrected chi connectivity index (χ2v) is 5.37. The maximum absolute atomic E-state index is 11.9. The number of nitrogens with two attached hydrogens (primary N) is 1. The molecule has 1 fully saturated rings. The van der Waals surface area contributed by atoms with Crippen LogP contribution >= 0.6 is 0 Å². The first-order valence-electron chi connectivity index (χ1n) is 5.47. The highest BCUT2D eigenvalue weighted by Crippen LogP contribution is 2.30. The third-order valence-electron chi connectivity index (χ3n) is 2.79. The van der Waals surface area contributed by atoms with Gasteiger partial charge in [-0.2, -0.15) is 0 Å². The number of amides is 2. The summed E-state index contributed by atoms with van der Waals surface area (Å²) in [5.74, 6) is -0.476. The molecule has 1 aliphatic heterocycles. The van der Waals surface area contributed by atoms with Crippen molar-refractivity contribution in [3.8, 4) is 0 Å². The zero-order valence-corrected chi connectivity index (χ0v) is 10.4. The predicted molar refractivity (Wildman–Crippen MR) is 59.8 cm³/mol. The van der Waals surface area contributed by atoms with Crippen LogP contribution in [0.1, 0.15) is 40.5 Å². The summed E-state index contributed by atoms with van der Waals surface area (Å²) < 4.78 is 5.25. The fourth-order valence-electron chi connectivity index (χ4n) is 1.83. The summed E-state index contributed by atoms with van der Waals surface area (Å²) in [4.78, 5) is 24.7. The molecule has 0 bridgehead atoms. The van der Waals surface area contributed by atoms with E-state index in [2.05, 4.69) is 0 Å². The predicted octanol–water partition coefficient (Wildman–Crippen LogP) is 1.26. The third-order valence-corrected chi connectivity index (χ3v) is 2.79. The largest absolute Gasteiger partial charge is 0.444 e. The molecule has 16 heavy (non-hydrogen) atoms. The fraction of sp³-hybridized carbons (Fsp3) is 0.818. The minimum absolute atomic E-state index is 0.466. The number of primary amides is 1. The van der Waals surface area contributed by atoms with Gasteiger partial charge in [-0.3, -0.25) is 9.69 Å². The molecule has 92 valence electrons. The Morgan fingerprint density at radius 3 is 2.38 bits per heavy atom. The number of hydrogen-bond donors (Lipinski definition) is 1. The first-order chi connectivity index (χ1) is 7.17. The van der Waals surface area contributed by atoms with Crippen LogP contribution in [-0.4, -0.2) is 34.6 Å². The SMILES string of the molecule is CC(C)(C)OC(=O)N1CCC[C@@]1(C)C(N)=O. The lowest BCUT2D eigenvalue weighted by atomic mass is 9.99. The second-order valence-electron chi connectivity index (χ2n) is 5.37. The van der Waals surface area contributed by atoms with Crippen molar-refractivity contribution in [3.63, 3.8) is 0 Å². The Labute approximate surface area is 95.9 Å². The summed E-state index contributed by atoms with van der Waals surface area (Å²) in [7, 11) is 0. The van der Waals surface area contributed by atoms with Crippen LogP contribution in [0.25, 0.3) is 0 Å². The molecule has 2 N–H and O–H groups in total. The van der Waals surface area contributed by atoms with Crippen molar-refractivity contribution < 1.29 is 14.3 Å². The highest BCUT2D eigenvalue weighted by Gasteiger charge is 2.45. The van der Waals surface area contributed by atoms with Gasteiger partial charge in [-0.1, -0.05) is 0 Å². The Hall–Kier alpha value is -1.26. The molecule has 0 saturated carbocycles. The van der Waals surface area contributed by atoms with E-state index in [0.29, 0.717) is 13.0 Å². The van der Waals surface area contributed by atoms with Crippen LogP contribution in [0.3, 0.4) is 0 Å². The minimum Gasteiger partial charge on any atom is -0.444 e. The Balaban J connectivity index is 2.80. The van der Waals surface area contributed by atoms with Gasteiger partial charge in [0.05, 0.1) is 0 Å². The van der Waals surface area contributed by atoms with Crippen molar-refractivity contribution >= 4 is 12.0 Å².